The largest absolute Gasteiger partial charge is 0.497 e. The zero-order valence-corrected chi connectivity index (χ0v) is 20.7. The summed E-state index contributed by atoms with van der Waals surface area (Å²) in [5.74, 6) is -0.154. The average Bonchev–Trinajstić information content (AvgIpc) is 2.78. The maximum atomic E-state index is 13.4. The van der Waals surface area contributed by atoms with Crippen molar-refractivity contribution in [3.63, 3.8) is 0 Å². The molecule has 2 amide bonds. The van der Waals surface area contributed by atoms with Crippen molar-refractivity contribution >= 4 is 27.5 Å². The van der Waals surface area contributed by atoms with Gasteiger partial charge in [-0.1, -0.05) is 31.2 Å². The van der Waals surface area contributed by atoms with Crippen LogP contribution in [0.3, 0.4) is 0 Å². The van der Waals surface area contributed by atoms with E-state index in [2.05, 4.69) is 5.32 Å². The van der Waals surface area contributed by atoms with E-state index in [1.54, 1.807) is 50.4 Å². The first-order valence-electron chi connectivity index (χ1n) is 10.8. The first-order chi connectivity index (χ1) is 15.6. The molecule has 0 aromatic heterocycles. The zero-order valence-electron chi connectivity index (χ0n) is 19.9. The molecule has 8 nitrogen and oxygen atoms in total. The highest BCUT2D eigenvalue weighted by atomic mass is 32.2. The van der Waals surface area contributed by atoms with Gasteiger partial charge in [0.2, 0.25) is 21.8 Å². The number of rotatable bonds is 11. The number of methoxy groups -OCH3 is 1. The van der Waals surface area contributed by atoms with Gasteiger partial charge in [0.1, 0.15) is 18.3 Å². The fourth-order valence-electron chi connectivity index (χ4n) is 3.34. The fourth-order valence-corrected chi connectivity index (χ4v) is 4.18. The molecule has 0 bridgehead atoms. The summed E-state index contributed by atoms with van der Waals surface area (Å²) >= 11 is 0. The molecule has 0 aliphatic rings. The Hall–Kier alpha value is -3.07. The number of nitrogens with zero attached hydrogens (tertiary/aromatic N) is 2. The lowest BCUT2D eigenvalue weighted by molar-refractivity contribution is -0.139. The van der Waals surface area contributed by atoms with E-state index in [1.165, 1.54) is 4.90 Å². The van der Waals surface area contributed by atoms with Crippen molar-refractivity contribution in [1.82, 2.24) is 10.2 Å². The molecular weight excluding hydrogens is 442 g/mol. The van der Waals surface area contributed by atoms with Crippen LogP contribution >= 0.6 is 0 Å². The third kappa shape index (κ3) is 7.49. The molecule has 180 valence electrons. The molecule has 0 radical (unpaired) electrons. The van der Waals surface area contributed by atoms with Crippen LogP contribution in [0.15, 0.2) is 48.5 Å². The number of ether oxygens (including phenoxy) is 1. The zero-order chi connectivity index (χ0) is 24.6. The van der Waals surface area contributed by atoms with Crippen molar-refractivity contribution in [3.05, 3.63) is 59.7 Å². The van der Waals surface area contributed by atoms with Crippen molar-refractivity contribution in [2.24, 2.45) is 0 Å². The number of hydrogen-bond acceptors (Lipinski definition) is 5. The Morgan fingerprint density at radius 2 is 1.82 bits per heavy atom. The van der Waals surface area contributed by atoms with E-state index in [4.69, 9.17) is 4.74 Å². The van der Waals surface area contributed by atoms with Crippen LogP contribution in [0.25, 0.3) is 0 Å². The number of aryl methyl sites for hydroxylation is 1. The van der Waals surface area contributed by atoms with Crippen molar-refractivity contribution in [2.45, 2.75) is 39.8 Å². The SMILES string of the molecule is CCCNC(=O)C(C)N(Cc1cccc(OC)c1)C(=O)CN(c1cccc(C)c1)S(C)(=O)=O. The second kappa shape index (κ2) is 11.7. The van der Waals surface area contributed by atoms with Gasteiger partial charge in [-0.15, -0.1) is 0 Å². The normalized spacial score (nSPS) is 12.0. The molecule has 1 unspecified atom stereocenters. The average molecular weight is 476 g/mol. The van der Waals surface area contributed by atoms with Gasteiger partial charge in [0.25, 0.3) is 0 Å². The molecule has 0 aliphatic carbocycles. The molecule has 0 heterocycles. The second-order valence-corrected chi connectivity index (χ2v) is 9.86. The number of amides is 2. The van der Waals surface area contributed by atoms with Gasteiger partial charge in [-0.3, -0.25) is 13.9 Å². The molecule has 0 saturated heterocycles. The summed E-state index contributed by atoms with van der Waals surface area (Å²) in [6.45, 7) is 5.63. The van der Waals surface area contributed by atoms with E-state index in [0.717, 1.165) is 28.1 Å². The first-order valence-corrected chi connectivity index (χ1v) is 12.7. The highest BCUT2D eigenvalue weighted by molar-refractivity contribution is 7.92. The van der Waals surface area contributed by atoms with Gasteiger partial charge in [0.05, 0.1) is 19.1 Å². The number of hydrogen-bond donors (Lipinski definition) is 1. The van der Waals surface area contributed by atoms with Crippen LogP contribution in [0.5, 0.6) is 5.75 Å². The van der Waals surface area contributed by atoms with E-state index in [0.29, 0.717) is 18.0 Å². The smallest absolute Gasteiger partial charge is 0.244 e. The van der Waals surface area contributed by atoms with Crippen molar-refractivity contribution in [3.8, 4) is 5.75 Å². The second-order valence-electron chi connectivity index (χ2n) is 7.95. The molecule has 2 aromatic rings. The number of carbonyl (C=O) groups is 2. The number of benzene rings is 2. The summed E-state index contributed by atoms with van der Waals surface area (Å²) in [5.41, 5.74) is 2.03. The molecule has 1 atom stereocenters. The molecule has 2 rings (SSSR count). The van der Waals surface area contributed by atoms with Crippen LogP contribution in [0, 0.1) is 6.92 Å². The van der Waals surface area contributed by atoms with Gasteiger partial charge in [0.15, 0.2) is 0 Å². The Bertz CT molecular complexity index is 1070. The van der Waals surface area contributed by atoms with Crippen LogP contribution < -0.4 is 14.4 Å². The summed E-state index contributed by atoms with van der Waals surface area (Å²) in [5, 5.41) is 2.81. The molecule has 33 heavy (non-hydrogen) atoms. The molecule has 2 aromatic carbocycles. The number of carbonyl (C=O) groups excluding carboxylic acids is 2. The van der Waals surface area contributed by atoms with Crippen molar-refractivity contribution in [1.29, 1.82) is 0 Å². The van der Waals surface area contributed by atoms with Gasteiger partial charge in [-0.25, -0.2) is 8.42 Å². The van der Waals surface area contributed by atoms with Crippen molar-refractivity contribution < 1.29 is 22.7 Å². The Labute approximate surface area is 196 Å². The molecule has 0 spiro atoms. The minimum atomic E-state index is -3.74. The lowest BCUT2D eigenvalue weighted by atomic mass is 10.1. The van der Waals surface area contributed by atoms with Gasteiger partial charge in [-0.2, -0.15) is 0 Å². The maximum absolute atomic E-state index is 13.4. The summed E-state index contributed by atoms with van der Waals surface area (Å²) in [6, 6.07) is 13.3. The summed E-state index contributed by atoms with van der Waals surface area (Å²) in [6.07, 6.45) is 1.82. The molecular formula is C24H33N3O5S. The van der Waals surface area contributed by atoms with Crippen molar-refractivity contribution in [2.75, 3.05) is 30.8 Å². The molecule has 0 aliphatic heterocycles. The Balaban J connectivity index is 2.38. The van der Waals surface area contributed by atoms with E-state index >= 15 is 0 Å². The van der Waals surface area contributed by atoms with Crippen LogP contribution in [0.2, 0.25) is 0 Å². The van der Waals surface area contributed by atoms with Gasteiger partial charge < -0.3 is 15.0 Å². The Morgan fingerprint density at radius 3 is 2.42 bits per heavy atom. The minimum Gasteiger partial charge on any atom is -0.497 e. The summed E-state index contributed by atoms with van der Waals surface area (Å²) in [7, 11) is -2.19. The number of anilines is 1. The third-order valence-electron chi connectivity index (χ3n) is 5.17. The van der Waals surface area contributed by atoms with Gasteiger partial charge in [-0.05, 0) is 55.7 Å². The van der Waals surface area contributed by atoms with E-state index in [-0.39, 0.29) is 12.5 Å². The highest BCUT2D eigenvalue weighted by Gasteiger charge is 2.30. The minimum absolute atomic E-state index is 0.127. The predicted molar refractivity (Wildman–Crippen MR) is 130 cm³/mol. The molecule has 1 N–H and O–H groups in total. The molecule has 0 fully saturated rings. The number of sulfonamides is 1. The van der Waals surface area contributed by atoms with Crippen LogP contribution in [0.1, 0.15) is 31.4 Å². The van der Waals surface area contributed by atoms with E-state index in [1.807, 2.05) is 26.0 Å². The predicted octanol–water partition coefficient (Wildman–Crippen LogP) is 2.71. The molecule has 9 heteroatoms. The topological polar surface area (TPSA) is 96.0 Å². The highest BCUT2D eigenvalue weighted by Crippen LogP contribution is 2.21. The van der Waals surface area contributed by atoms with Crippen LogP contribution in [0.4, 0.5) is 5.69 Å². The quantitative estimate of drug-likeness (QED) is 0.539. The number of nitrogens with one attached hydrogen (secondary N) is 1. The van der Waals surface area contributed by atoms with Gasteiger partial charge >= 0.3 is 0 Å². The van der Waals surface area contributed by atoms with E-state index in [9.17, 15) is 18.0 Å². The van der Waals surface area contributed by atoms with Gasteiger partial charge in [0, 0.05) is 13.1 Å². The lowest BCUT2D eigenvalue weighted by Crippen LogP contribution is -2.51. The maximum Gasteiger partial charge on any atom is 0.244 e. The Kier molecular flexibility index (Phi) is 9.28. The van der Waals surface area contributed by atoms with Crippen LogP contribution in [-0.2, 0) is 26.2 Å². The molecule has 0 saturated carbocycles. The lowest BCUT2D eigenvalue weighted by Gasteiger charge is -2.31. The third-order valence-corrected chi connectivity index (χ3v) is 6.31. The standard InChI is InChI=1S/C24H33N3O5S/c1-6-13-25-24(29)19(3)26(16-20-10-8-12-22(15-20)32-4)23(28)17-27(33(5,30)31)21-11-7-9-18(2)14-21/h7-12,14-15,19H,6,13,16-17H2,1-5H3,(H,25,29). The van der Waals surface area contributed by atoms with Crippen LogP contribution in [-0.4, -0.2) is 57.6 Å². The Morgan fingerprint density at radius 1 is 1.12 bits per heavy atom. The first kappa shape index (κ1) is 26.2. The monoisotopic (exact) mass is 475 g/mol. The summed E-state index contributed by atoms with van der Waals surface area (Å²) in [4.78, 5) is 27.5. The fraction of sp³-hybridized carbons (Fsp3) is 0.417. The van der Waals surface area contributed by atoms with E-state index < -0.39 is 28.5 Å². The summed E-state index contributed by atoms with van der Waals surface area (Å²) < 4.78 is 31.4.